The summed E-state index contributed by atoms with van der Waals surface area (Å²) >= 11 is 0. The minimum atomic E-state index is -1.83. The summed E-state index contributed by atoms with van der Waals surface area (Å²) in [6.07, 6.45) is 0. The fraction of sp³-hybridized carbons (Fsp3) is 0.500. The molecule has 3 nitrogen and oxygen atoms in total. The van der Waals surface area contributed by atoms with E-state index in [2.05, 4.69) is 0 Å². The zero-order valence-corrected chi connectivity index (χ0v) is 9.43. The maximum Gasteiger partial charge on any atom is 1.00 e. The number of rotatable bonds is 3. The number of hydrogen-bond acceptors (Lipinski definition) is 3. The summed E-state index contributed by atoms with van der Waals surface area (Å²) in [6.45, 7) is 2.01. The van der Waals surface area contributed by atoms with Crippen molar-refractivity contribution in [3.63, 3.8) is 0 Å². The molecule has 0 aliphatic rings. The van der Waals surface area contributed by atoms with Crippen LogP contribution >= 0.6 is 0 Å². The van der Waals surface area contributed by atoms with Gasteiger partial charge in [-0.15, -0.1) is 0 Å². The summed E-state index contributed by atoms with van der Waals surface area (Å²) < 4.78 is 0. The molecule has 11 heavy (non-hydrogen) atoms. The number of carbonyl (C=O) groups is 3. The van der Waals surface area contributed by atoms with Crippen molar-refractivity contribution in [2.45, 2.75) is 20.8 Å². The largest absolute Gasteiger partial charge is 1.00 e. The van der Waals surface area contributed by atoms with Gasteiger partial charge in [-0.05, 0) is 37.8 Å². The van der Waals surface area contributed by atoms with E-state index in [0.717, 1.165) is 0 Å². The van der Waals surface area contributed by atoms with Gasteiger partial charge in [-0.25, -0.2) is 0 Å². The van der Waals surface area contributed by atoms with Crippen LogP contribution in [0.1, 0.15) is 20.8 Å². The smallest absolute Gasteiger partial charge is 0.346 e. The molecule has 0 spiro atoms. The zero-order chi connectivity index (χ0) is 8.31. The summed E-state index contributed by atoms with van der Waals surface area (Å²) in [5, 5.41) is 0. The molecule has 0 aliphatic heterocycles. The van der Waals surface area contributed by atoms with Crippen LogP contribution in [0.2, 0.25) is 0 Å². The fourth-order valence-corrected chi connectivity index (χ4v) is 1.05. The minimum Gasteiger partial charge on any atom is -0.346 e. The second kappa shape index (κ2) is 5.69. The molecule has 0 aromatic heterocycles. The van der Waals surface area contributed by atoms with Crippen LogP contribution < -0.4 is 29.6 Å². The maximum atomic E-state index is 10.6. The Hall–Kier alpha value is 0.0749. The van der Waals surface area contributed by atoms with Crippen LogP contribution in [0.5, 0.6) is 0 Å². The molecule has 0 aromatic rings. The zero-order valence-electron chi connectivity index (χ0n) is 7.43. The van der Waals surface area contributed by atoms with Crippen molar-refractivity contribution < 1.29 is 43.9 Å². The quantitative estimate of drug-likeness (QED) is 0.408. The van der Waals surface area contributed by atoms with Crippen LogP contribution in [0.15, 0.2) is 0 Å². The van der Waals surface area contributed by atoms with E-state index in [1.807, 2.05) is 0 Å². The Balaban J connectivity index is 0. The molecule has 0 saturated heterocycles. The predicted molar refractivity (Wildman–Crippen MR) is 39.2 cm³/mol. The first kappa shape index (κ1) is 13.7. The normalized spacial score (nSPS) is 8.73. The summed E-state index contributed by atoms with van der Waals surface area (Å²) in [4.78, 5) is 31.9. The Bertz CT molecular complexity index is 157. The van der Waals surface area contributed by atoms with E-state index in [9.17, 15) is 14.4 Å². The topological polar surface area (TPSA) is 51.2 Å². The molecule has 0 fully saturated rings. The molecule has 0 amide bonds. The van der Waals surface area contributed by atoms with E-state index >= 15 is 0 Å². The third kappa shape index (κ3) is 4.51. The van der Waals surface area contributed by atoms with Gasteiger partial charge in [0, 0.05) is 0 Å². The summed E-state index contributed by atoms with van der Waals surface area (Å²) in [6, 6.07) is 0. The molecular weight excluding hydrogens is 154 g/mol. The Morgan fingerprint density at radius 1 is 0.818 bits per heavy atom. The molecule has 56 valence electrons. The Morgan fingerprint density at radius 2 is 1.00 bits per heavy atom. The van der Waals surface area contributed by atoms with Gasteiger partial charge in [-0.3, -0.25) is 0 Å². The van der Waals surface area contributed by atoms with Crippen LogP contribution in [-0.2, 0) is 14.4 Å². The van der Waals surface area contributed by atoms with Crippen molar-refractivity contribution in [2.75, 3.05) is 0 Å². The molecule has 0 bridgehead atoms. The van der Waals surface area contributed by atoms with Crippen molar-refractivity contribution in [1.29, 1.82) is 0 Å². The molecule has 0 aliphatic carbocycles. The molecule has 0 unspecified atom stereocenters. The van der Waals surface area contributed by atoms with Crippen LogP contribution in [-0.4, -0.2) is 23.8 Å². The molecule has 0 saturated carbocycles. The van der Waals surface area contributed by atoms with Gasteiger partial charge in [0.2, 0.25) is 0 Å². The molecule has 0 rings (SSSR count). The van der Waals surface area contributed by atoms with Gasteiger partial charge in [-0.1, -0.05) is 0 Å². The molecule has 0 aromatic carbocycles. The SMILES string of the molecule is CC(=O)[BH-](C(C)=O)C(C)=O.[Na+]. The van der Waals surface area contributed by atoms with Crippen molar-refractivity contribution in [1.82, 2.24) is 0 Å². The van der Waals surface area contributed by atoms with Gasteiger partial charge in [0.05, 0.1) is 0 Å². The molecule has 0 radical (unpaired) electrons. The molecule has 0 heterocycles. The second-order valence-electron chi connectivity index (χ2n) is 2.64. The van der Waals surface area contributed by atoms with E-state index in [0.29, 0.717) is 0 Å². The average Bonchev–Trinajstić information content (AvgIpc) is 1.59. The van der Waals surface area contributed by atoms with Crippen molar-refractivity contribution in [2.24, 2.45) is 0 Å². The van der Waals surface area contributed by atoms with Gasteiger partial charge in [0.25, 0.3) is 0 Å². The van der Waals surface area contributed by atoms with Gasteiger partial charge in [-0.2, -0.15) is 0 Å². The number of carbonyl (C=O) groups excluding carboxylic acids is 3. The van der Waals surface area contributed by atoms with Crippen LogP contribution in [0, 0.1) is 0 Å². The molecule has 0 N–H and O–H groups in total. The third-order valence-corrected chi connectivity index (χ3v) is 1.49. The van der Waals surface area contributed by atoms with E-state index in [4.69, 9.17) is 0 Å². The minimum absolute atomic E-state index is 0. The second-order valence-corrected chi connectivity index (χ2v) is 2.64. The van der Waals surface area contributed by atoms with Crippen molar-refractivity contribution >= 4 is 23.8 Å². The van der Waals surface area contributed by atoms with Crippen LogP contribution in [0.3, 0.4) is 0 Å². The number of hydrogen-bond donors (Lipinski definition) is 0. The molecule has 5 heteroatoms. The first-order valence-corrected chi connectivity index (χ1v) is 3.17. The summed E-state index contributed by atoms with van der Waals surface area (Å²) in [5.41, 5.74) is -0.875. The molecule has 0 atom stereocenters. The van der Waals surface area contributed by atoms with Crippen molar-refractivity contribution in [3.05, 3.63) is 0 Å². The summed E-state index contributed by atoms with van der Waals surface area (Å²) in [7, 11) is 0. The van der Waals surface area contributed by atoms with E-state index in [1.54, 1.807) is 0 Å². The summed E-state index contributed by atoms with van der Waals surface area (Å²) in [5.74, 6) is 0. The third-order valence-electron chi connectivity index (χ3n) is 1.49. The van der Waals surface area contributed by atoms with E-state index in [1.165, 1.54) is 20.8 Å². The van der Waals surface area contributed by atoms with E-state index < -0.39 is 6.71 Å². The van der Waals surface area contributed by atoms with Crippen LogP contribution in [0.25, 0.3) is 0 Å². The standard InChI is InChI=1S/C6H10BO3.Na/c1-4(8)7(5(2)9)6(3)10;/h7H,1-3H3;/q-1;+1. The maximum absolute atomic E-state index is 10.6. The monoisotopic (exact) mass is 164 g/mol. The first-order valence-electron chi connectivity index (χ1n) is 3.17. The van der Waals surface area contributed by atoms with Gasteiger partial charge in [0.15, 0.2) is 6.71 Å². The van der Waals surface area contributed by atoms with Gasteiger partial charge < -0.3 is 14.4 Å². The Morgan fingerprint density at radius 3 is 1.00 bits per heavy atom. The fourth-order valence-electron chi connectivity index (χ4n) is 1.05. The Kier molecular flexibility index (Phi) is 7.06. The Labute approximate surface area is 88.3 Å². The van der Waals surface area contributed by atoms with Gasteiger partial charge in [0.1, 0.15) is 0 Å². The van der Waals surface area contributed by atoms with Gasteiger partial charge >= 0.3 is 29.6 Å². The first-order chi connectivity index (χ1) is 4.46. The van der Waals surface area contributed by atoms with Crippen LogP contribution in [0.4, 0.5) is 0 Å². The van der Waals surface area contributed by atoms with E-state index in [-0.39, 0.29) is 46.6 Å². The molecular formula is C6H10BNaO3. The predicted octanol–water partition coefficient (Wildman–Crippen LogP) is -3.40. The van der Waals surface area contributed by atoms with Crippen molar-refractivity contribution in [3.8, 4) is 0 Å². The average molecular weight is 164 g/mol.